The zero-order valence-electron chi connectivity index (χ0n) is 40.1. The molecule has 66 heavy (non-hydrogen) atoms. The van der Waals surface area contributed by atoms with Crippen LogP contribution in [0.1, 0.15) is 202 Å². The van der Waals surface area contributed by atoms with E-state index < -0.39 is 0 Å². The highest BCUT2D eigenvalue weighted by Gasteiger charge is 2.57. The summed E-state index contributed by atoms with van der Waals surface area (Å²) in [6.45, 7) is 14.3. The fourth-order valence-corrected chi connectivity index (χ4v) is 17.7. The Morgan fingerprint density at radius 1 is 0.394 bits per heavy atom. The molecule has 0 N–H and O–H groups in total. The number of rotatable bonds is 0. The van der Waals surface area contributed by atoms with Crippen LogP contribution in [0.25, 0.3) is 76.2 Å². The third-order valence-corrected chi connectivity index (χ3v) is 20.2. The highest BCUT2D eigenvalue weighted by Crippen LogP contribution is 2.67. The maximum atomic E-state index is 11.2. The Labute approximate surface area is 388 Å². The van der Waals surface area contributed by atoms with Gasteiger partial charge in [-0.2, -0.15) is 10.5 Å². The van der Waals surface area contributed by atoms with Gasteiger partial charge in [-0.3, -0.25) is 0 Å². The Morgan fingerprint density at radius 2 is 0.712 bits per heavy atom. The van der Waals surface area contributed by atoms with Gasteiger partial charge >= 0.3 is 0 Å². The third kappa shape index (κ3) is 4.40. The van der Waals surface area contributed by atoms with Crippen LogP contribution in [-0.2, 0) is 32.5 Å². The first-order valence-electron chi connectivity index (χ1n) is 26.2. The maximum Gasteiger partial charge on any atom is 0.0995 e. The van der Waals surface area contributed by atoms with E-state index in [4.69, 9.17) is 0 Å². The predicted molar refractivity (Wildman–Crippen MR) is 272 cm³/mol. The van der Waals surface area contributed by atoms with Crippen molar-refractivity contribution in [3.63, 3.8) is 0 Å². The molecule has 4 nitrogen and oxygen atoms in total. The Bertz CT molecular complexity index is 3510. The number of hydrogen-bond acceptors (Lipinski definition) is 2. The summed E-state index contributed by atoms with van der Waals surface area (Å²) in [5.74, 6) is 0. The first kappa shape index (κ1) is 38.8. The Balaban J connectivity index is 1.13. The molecule has 0 unspecified atom stereocenters. The van der Waals surface area contributed by atoms with E-state index in [0.29, 0.717) is 0 Å². The molecule has 15 rings (SSSR count). The highest BCUT2D eigenvalue weighted by molar-refractivity contribution is 6.30. The number of nitriles is 2. The van der Waals surface area contributed by atoms with Crippen LogP contribution in [0.15, 0.2) is 48.5 Å². The van der Waals surface area contributed by atoms with Gasteiger partial charge in [0, 0.05) is 43.1 Å². The van der Waals surface area contributed by atoms with Gasteiger partial charge in [-0.05, 0) is 179 Å². The number of fused-ring (bicyclic) bond motifs is 20. The van der Waals surface area contributed by atoms with Gasteiger partial charge in [-0.25, -0.2) is 0 Å². The van der Waals surface area contributed by atoms with Crippen molar-refractivity contribution in [3.05, 3.63) is 93.0 Å². The summed E-state index contributed by atoms with van der Waals surface area (Å²) in [5, 5.41) is 33.4. The summed E-state index contributed by atoms with van der Waals surface area (Å²) < 4.78 is 5.24. The number of benzene rings is 5. The summed E-state index contributed by atoms with van der Waals surface area (Å²) in [7, 11) is 0. The minimum atomic E-state index is -0.0462. The molecular weight excluding hydrogens is 801 g/mol. The van der Waals surface area contributed by atoms with Crippen molar-refractivity contribution < 1.29 is 0 Å². The van der Waals surface area contributed by atoms with Crippen LogP contribution in [0, 0.1) is 22.7 Å². The lowest BCUT2D eigenvalue weighted by atomic mass is 9.74. The smallest absolute Gasteiger partial charge is 0.0995 e. The lowest BCUT2D eigenvalue weighted by Gasteiger charge is -2.29. The fraction of sp³-hybridized carbons (Fsp3) is 0.484. The van der Waals surface area contributed by atoms with E-state index in [-0.39, 0.29) is 32.5 Å². The van der Waals surface area contributed by atoms with Crippen LogP contribution >= 0.6 is 0 Å². The lowest BCUT2D eigenvalue weighted by Crippen LogP contribution is -2.24. The molecule has 4 heteroatoms. The molecule has 0 bridgehead atoms. The van der Waals surface area contributed by atoms with Crippen molar-refractivity contribution in [1.29, 1.82) is 10.5 Å². The fourth-order valence-electron chi connectivity index (χ4n) is 17.7. The molecule has 0 saturated heterocycles. The molecule has 5 aromatic carbocycles. The Morgan fingerprint density at radius 3 is 1.03 bits per heavy atom. The molecule has 6 aliphatic carbocycles. The molecular formula is C62H62N4. The molecule has 4 saturated carbocycles. The molecule has 0 radical (unpaired) electrons. The van der Waals surface area contributed by atoms with E-state index >= 15 is 0 Å². The summed E-state index contributed by atoms with van der Waals surface area (Å²) in [5.41, 5.74) is 18.8. The molecule has 9 aromatic rings. The van der Waals surface area contributed by atoms with Gasteiger partial charge in [0.2, 0.25) is 0 Å². The molecule has 0 atom stereocenters. The average Bonchev–Trinajstić information content (AvgIpc) is 4.16. The van der Waals surface area contributed by atoms with Crippen LogP contribution < -0.4 is 0 Å². The molecule has 0 aliphatic heterocycles. The first-order valence-corrected chi connectivity index (χ1v) is 26.2. The molecule has 4 heterocycles. The van der Waals surface area contributed by atoms with Crippen LogP contribution in [0.4, 0.5) is 0 Å². The van der Waals surface area contributed by atoms with E-state index in [1.165, 1.54) is 214 Å². The molecule has 0 amide bonds. The third-order valence-electron chi connectivity index (χ3n) is 20.2. The highest BCUT2D eigenvalue weighted by atomic mass is 14.9. The molecule has 4 aromatic heterocycles. The first-order chi connectivity index (χ1) is 31.7. The van der Waals surface area contributed by atoms with Gasteiger partial charge in [0.15, 0.2) is 0 Å². The van der Waals surface area contributed by atoms with E-state index in [0.717, 1.165) is 11.1 Å². The summed E-state index contributed by atoms with van der Waals surface area (Å²) in [6, 6.07) is 25.7. The summed E-state index contributed by atoms with van der Waals surface area (Å²) in [6.07, 6.45) is 22.7. The van der Waals surface area contributed by atoms with Gasteiger partial charge in [0.1, 0.15) is 0 Å². The van der Waals surface area contributed by atoms with Gasteiger partial charge in [-0.1, -0.05) is 92.9 Å². The average molecular weight is 863 g/mol. The molecule has 4 spiro atoms. The Hall–Kier alpha value is -5.32. The van der Waals surface area contributed by atoms with E-state index in [1.807, 2.05) is 0 Å². The SMILES string of the molecule is CC(C)(C)c1cc2c3cc4c(cc3n3c5cc(C#N)c6c(c5c(c1)c23)C1(CCCC1)CC61CCCC1)c1cc(C(C)(C)C)cc2c3c5c(c(C#N)cc3n4c12)C1(CCCC1)CC51CCCC1. The van der Waals surface area contributed by atoms with Gasteiger partial charge in [-0.15, -0.1) is 0 Å². The normalized spacial score (nSPS) is 21.8. The second-order valence-corrected chi connectivity index (χ2v) is 25.6. The largest absolute Gasteiger partial charge is 0.308 e. The monoisotopic (exact) mass is 862 g/mol. The van der Waals surface area contributed by atoms with Crippen molar-refractivity contribution in [2.45, 2.75) is 190 Å². The second kappa shape index (κ2) is 12.0. The van der Waals surface area contributed by atoms with Gasteiger partial charge in [0.05, 0.1) is 56.4 Å². The lowest BCUT2D eigenvalue weighted by molar-refractivity contribution is 0.324. The van der Waals surface area contributed by atoms with Crippen molar-refractivity contribution in [3.8, 4) is 12.1 Å². The summed E-state index contributed by atoms with van der Waals surface area (Å²) in [4.78, 5) is 0. The van der Waals surface area contributed by atoms with E-state index in [9.17, 15) is 10.5 Å². The van der Waals surface area contributed by atoms with Crippen LogP contribution in [0.5, 0.6) is 0 Å². The summed E-state index contributed by atoms with van der Waals surface area (Å²) >= 11 is 0. The minimum absolute atomic E-state index is 0.0462. The van der Waals surface area contributed by atoms with Crippen LogP contribution in [-0.4, -0.2) is 8.80 Å². The Kier molecular flexibility index (Phi) is 7.07. The number of aromatic nitrogens is 2. The van der Waals surface area contributed by atoms with Crippen molar-refractivity contribution in [2.75, 3.05) is 0 Å². The van der Waals surface area contributed by atoms with E-state index in [1.54, 1.807) is 11.1 Å². The molecule has 330 valence electrons. The molecule has 4 fully saturated rings. The van der Waals surface area contributed by atoms with Crippen molar-refractivity contribution >= 4 is 76.2 Å². The van der Waals surface area contributed by atoms with Gasteiger partial charge in [0.25, 0.3) is 0 Å². The number of hydrogen-bond donors (Lipinski definition) is 0. The standard InChI is InChI=1S/C62H62N4/c1-57(2,3)37-25-41-39-29-46-40(30-45(39)65-47-23-35(31-63)51-53(49(47)43(27-37)55(41)65)61(19-11-12-20-61)33-59(51)15-7-8-16-59)42-26-38(58(4,5)6)28-44-50-48(66(46)56(42)44)24-36(32-64)52-54(50)62(21-13-14-22-62)34-60(52)17-9-10-18-60/h23-30H,7-22,33-34H2,1-6H3. The van der Waals surface area contributed by atoms with Crippen molar-refractivity contribution in [2.24, 2.45) is 0 Å². The maximum absolute atomic E-state index is 11.2. The predicted octanol–water partition coefficient (Wildman–Crippen LogP) is 16.4. The molecule has 6 aliphatic rings. The quantitative estimate of drug-likeness (QED) is 0.152. The zero-order valence-corrected chi connectivity index (χ0v) is 40.1. The number of nitrogens with zero attached hydrogens (tertiary/aromatic N) is 4. The topological polar surface area (TPSA) is 56.4 Å². The second-order valence-electron chi connectivity index (χ2n) is 25.6. The van der Waals surface area contributed by atoms with E-state index in [2.05, 4.69) is 111 Å². The van der Waals surface area contributed by atoms with Crippen molar-refractivity contribution in [1.82, 2.24) is 8.80 Å². The van der Waals surface area contributed by atoms with Crippen LogP contribution in [0.2, 0.25) is 0 Å². The zero-order chi connectivity index (χ0) is 44.7. The minimum Gasteiger partial charge on any atom is -0.308 e. The van der Waals surface area contributed by atoms with Crippen LogP contribution in [0.3, 0.4) is 0 Å². The van der Waals surface area contributed by atoms with Gasteiger partial charge < -0.3 is 8.80 Å².